The van der Waals surface area contributed by atoms with Crippen LogP contribution in [0.25, 0.3) is 16.9 Å². The van der Waals surface area contributed by atoms with Gasteiger partial charge in [0.15, 0.2) is 11.2 Å². The summed E-state index contributed by atoms with van der Waals surface area (Å²) >= 11 is 0. The van der Waals surface area contributed by atoms with E-state index in [2.05, 4.69) is 9.72 Å². The van der Waals surface area contributed by atoms with E-state index in [1.807, 2.05) is 24.6 Å². The first-order valence-corrected chi connectivity index (χ1v) is 7.65. The smallest absolute Gasteiger partial charge is 0.332 e. The van der Waals surface area contributed by atoms with E-state index in [9.17, 15) is 14.4 Å². The van der Waals surface area contributed by atoms with Crippen LogP contribution in [0.1, 0.15) is 19.0 Å². The summed E-state index contributed by atoms with van der Waals surface area (Å²) in [5.74, 6) is 0.137. The maximum Gasteiger partial charge on any atom is 0.332 e. The maximum absolute atomic E-state index is 12.8. The Morgan fingerprint density at radius 2 is 2.00 bits per heavy atom. The molecular formula is C15H19N5O4. The Kier molecular flexibility index (Phi) is 3.78. The minimum atomic E-state index is -0.503. The molecule has 0 radical (unpaired) electrons. The Labute approximate surface area is 136 Å². The zero-order valence-electron chi connectivity index (χ0n) is 14.1. The predicted molar refractivity (Wildman–Crippen MR) is 87.2 cm³/mol. The van der Waals surface area contributed by atoms with E-state index in [-0.39, 0.29) is 13.0 Å². The summed E-state index contributed by atoms with van der Waals surface area (Å²) in [6.07, 6.45) is 1.78. The van der Waals surface area contributed by atoms with Gasteiger partial charge in [-0.05, 0) is 13.8 Å². The third-order valence-electron chi connectivity index (χ3n) is 4.22. The summed E-state index contributed by atoms with van der Waals surface area (Å²) < 4.78 is 10.6. The molecule has 3 rings (SSSR count). The second kappa shape index (κ2) is 5.66. The molecule has 0 atom stereocenters. The monoisotopic (exact) mass is 333 g/mol. The standard InChI is InChI=1S/C15H19N5O4/c1-5-18-9(2)8-20-11-12(16-14(18)20)17(3)15(23)19(13(11)22)7-6-10(21)24-4/h8H,5-7H2,1-4H3. The molecule has 0 aliphatic carbocycles. The second-order valence-corrected chi connectivity index (χ2v) is 5.59. The molecule has 0 aliphatic heterocycles. The molecule has 3 aromatic heterocycles. The van der Waals surface area contributed by atoms with Crippen molar-refractivity contribution in [3.8, 4) is 0 Å². The Hall–Kier alpha value is -2.84. The quantitative estimate of drug-likeness (QED) is 0.629. The number of methoxy groups -OCH3 is 1. The summed E-state index contributed by atoms with van der Waals surface area (Å²) in [4.78, 5) is 41.1. The topological polar surface area (TPSA) is 92.5 Å². The van der Waals surface area contributed by atoms with E-state index in [4.69, 9.17) is 0 Å². The van der Waals surface area contributed by atoms with Crippen LogP contribution >= 0.6 is 0 Å². The largest absolute Gasteiger partial charge is 0.469 e. The van der Waals surface area contributed by atoms with E-state index < -0.39 is 17.2 Å². The summed E-state index contributed by atoms with van der Waals surface area (Å²) in [6.45, 7) is 4.59. The minimum Gasteiger partial charge on any atom is -0.469 e. The Balaban J connectivity index is 2.32. The lowest BCUT2D eigenvalue weighted by atomic mass is 10.4. The van der Waals surface area contributed by atoms with Crippen LogP contribution in [0.15, 0.2) is 15.8 Å². The van der Waals surface area contributed by atoms with Gasteiger partial charge in [0.25, 0.3) is 5.56 Å². The van der Waals surface area contributed by atoms with Gasteiger partial charge in [-0.2, -0.15) is 4.98 Å². The van der Waals surface area contributed by atoms with Gasteiger partial charge in [-0.3, -0.25) is 23.1 Å². The Bertz CT molecular complexity index is 1070. The SMILES string of the molecule is CCn1c(C)cn2c3c(=O)n(CCC(=O)OC)c(=O)n(C)c3nc12. The molecule has 24 heavy (non-hydrogen) atoms. The van der Waals surface area contributed by atoms with Crippen molar-refractivity contribution < 1.29 is 9.53 Å². The van der Waals surface area contributed by atoms with Crippen molar-refractivity contribution in [2.45, 2.75) is 33.4 Å². The fraction of sp³-hybridized carbons (Fsp3) is 0.467. The number of carbonyl (C=O) groups is 1. The fourth-order valence-corrected chi connectivity index (χ4v) is 2.95. The highest BCUT2D eigenvalue weighted by Crippen LogP contribution is 2.15. The second-order valence-electron chi connectivity index (χ2n) is 5.59. The van der Waals surface area contributed by atoms with Crippen LogP contribution in [0.2, 0.25) is 0 Å². The van der Waals surface area contributed by atoms with E-state index >= 15 is 0 Å². The highest BCUT2D eigenvalue weighted by atomic mass is 16.5. The molecule has 128 valence electrons. The summed E-state index contributed by atoms with van der Waals surface area (Å²) in [5, 5.41) is 0. The van der Waals surface area contributed by atoms with Gasteiger partial charge >= 0.3 is 11.7 Å². The average Bonchev–Trinajstić information content (AvgIpc) is 3.06. The molecule has 0 bridgehead atoms. The number of esters is 1. The van der Waals surface area contributed by atoms with Gasteiger partial charge in [0.1, 0.15) is 0 Å². The molecule has 9 nitrogen and oxygen atoms in total. The van der Waals surface area contributed by atoms with Crippen molar-refractivity contribution >= 4 is 22.9 Å². The van der Waals surface area contributed by atoms with E-state index in [0.717, 1.165) is 10.3 Å². The van der Waals surface area contributed by atoms with Crippen LogP contribution in [0.3, 0.4) is 0 Å². The first-order valence-electron chi connectivity index (χ1n) is 7.65. The number of aryl methyl sites for hydroxylation is 3. The minimum absolute atomic E-state index is 0.0329. The zero-order valence-corrected chi connectivity index (χ0v) is 14.1. The Morgan fingerprint density at radius 1 is 1.29 bits per heavy atom. The summed E-state index contributed by atoms with van der Waals surface area (Å²) in [7, 11) is 2.83. The first kappa shape index (κ1) is 16.0. The maximum atomic E-state index is 12.8. The molecule has 3 heterocycles. The van der Waals surface area contributed by atoms with Crippen molar-refractivity contribution in [3.05, 3.63) is 32.7 Å². The fourth-order valence-electron chi connectivity index (χ4n) is 2.95. The molecule has 0 aromatic carbocycles. The number of fused-ring (bicyclic) bond motifs is 3. The van der Waals surface area contributed by atoms with Crippen molar-refractivity contribution in [1.82, 2.24) is 23.1 Å². The highest BCUT2D eigenvalue weighted by Gasteiger charge is 2.20. The number of ether oxygens (including phenoxy) is 1. The van der Waals surface area contributed by atoms with Crippen molar-refractivity contribution in [3.63, 3.8) is 0 Å². The number of imidazole rings is 2. The van der Waals surface area contributed by atoms with Crippen LogP contribution in [0.5, 0.6) is 0 Å². The first-order chi connectivity index (χ1) is 11.4. The van der Waals surface area contributed by atoms with Crippen LogP contribution < -0.4 is 11.2 Å². The number of hydrogen-bond donors (Lipinski definition) is 0. The molecule has 0 spiro atoms. The van der Waals surface area contributed by atoms with Crippen molar-refractivity contribution in [1.29, 1.82) is 0 Å². The number of carbonyl (C=O) groups excluding carboxylic acids is 1. The third kappa shape index (κ3) is 2.15. The molecule has 0 N–H and O–H groups in total. The van der Waals surface area contributed by atoms with Crippen LogP contribution in [-0.2, 0) is 29.7 Å². The van der Waals surface area contributed by atoms with E-state index in [1.54, 1.807) is 11.4 Å². The molecule has 9 heteroatoms. The van der Waals surface area contributed by atoms with Crippen LogP contribution in [0.4, 0.5) is 0 Å². The van der Waals surface area contributed by atoms with Crippen molar-refractivity contribution in [2.75, 3.05) is 7.11 Å². The zero-order chi connectivity index (χ0) is 17.6. The van der Waals surface area contributed by atoms with Gasteiger partial charge in [-0.15, -0.1) is 0 Å². The lowest BCUT2D eigenvalue weighted by Gasteiger charge is -2.07. The lowest BCUT2D eigenvalue weighted by molar-refractivity contribution is -0.140. The Morgan fingerprint density at radius 3 is 2.62 bits per heavy atom. The van der Waals surface area contributed by atoms with Gasteiger partial charge in [0.2, 0.25) is 5.78 Å². The molecule has 0 saturated carbocycles. The molecule has 0 aliphatic rings. The number of rotatable bonds is 4. The molecule has 0 saturated heterocycles. The molecule has 3 aromatic rings. The van der Waals surface area contributed by atoms with E-state index in [1.165, 1.54) is 11.7 Å². The van der Waals surface area contributed by atoms with Gasteiger partial charge in [-0.25, -0.2) is 4.79 Å². The molecule has 0 unspecified atom stereocenters. The summed E-state index contributed by atoms with van der Waals surface area (Å²) in [6, 6.07) is 0. The normalized spacial score (nSPS) is 11.5. The van der Waals surface area contributed by atoms with Crippen LogP contribution in [0, 0.1) is 6.92 Å². The van der Waals surface area contributed by atoms with Gasteiger partial charge in [0, 0.05) is 32.0 Å². The lowest BCUT2D eigenvalue weighted by Crippen LogP contribution is -2.39. The van der Waals surface area contributed by atoms with Crippen molar-refractivity contribution in [2.24, 2.45) is 7.05 Å². The highest BCUT2D eigenvalue weighted by molar-refractivity contribution is 5.75. The number of hydrogen-bond acceptors (Lipinski definition) is 5. The summed E-state index contributed by atoms with van der Waals surface area (Å²) in [5.41, 5.74) is 0.662. The predicted octanol–water partition coefficient (Wildman–Crippen LogP) is 0.0408. The third-order valence-corrected chi connectivity index (χ3v) is 4.22. The molecule has 0 amide bonds. The van der Waals surface area contributed by atoms with Gasteiger partial charge in [-0.1, -0.05) is 0 Å². The van der Waals surface area contributed by atoms with Crippen LogP contribution in [-0.4, -0.2) is 36.2 Å². The van der Waals surface area contributed by atoms with Gasteiger partial charge in [0.05, 0.1) is 13.5 Å². The average molecular weight is 333 g/mol. The van der Waals surface area contributed by atoms with E-state index in [0.29, 0.717) is 23.5 Å². The number of nitrogens with zero attached hydrogens (tertiary/aromatic N) is 5. The molecular weight excluding hydrogens is 314 g/mol. The van der Waals surface area contributed by atoms with Gasteiger partial charge < -0.3 is 9.30 Å². The molecule has 0 fully saturated rings. The number of aromatic nitrogens is 5.